The molecule has 1 saturated heterocycles. The van der Waals surface area contributed by atoms with Gasteiger partial charge >= 0.3 is 0 Å². The number of benzene rings is 2. The Balaban J connectivity index is 1.69. The van der Waals surface area contributed by atoms with E-state index < -0.39 is 29.7 Å². The van der Waals surface area contributed by atoms with Crippen molar-refractivity contribution in [2.75, 3.05) is 6.54 Å². The number of hydrogen-bond acceptors (Lipinski definition) is 3. The summed E-state index contributed by atoms with van der Waals surface area (Å²) in [6.45, 7) is -0.279. The molecule has 1 fully saturated rings. The van der Waals surface area contributed by atoms with Gasteiger partial charge in [-0.25, -0.2) is 8.78 Å². The molecule has 0 aromatic heterocycles. The molecule has 0 radical (unpaired) electrons. The van der Waals surface area contributed by atoms with Crippen LogP contribution in [-0.2, 0) is 16.0 Å². The van der Waals surface area contributed by atoms with Crippen molar-refractivity contribution in [3.63, 3.8) is 0 Å². The highest BCUT2D eigenvalue weighted by atomic mass is 19.1. The quantitative estimate of drug-likeness (QED) is 0.848. The Hall–Kier alpha value is -2.60. The number of aliphatic hydroxyl groups excluding tert-OH is 1. The molecule has 6 heteroatoms. The van der Waals surface area contributed by atoms with Gasteiger partial charge in [0, 0.05) is 12.0 Å². The molecule has 3 rings (SSSR count). The molecular weight excluding hydrogens is 328 g/mol. The van der Waals surface area contributed by atoms with Crippen LogP contribution in [0.15, 0.2) is 48.5 Å². The highest BCUT2D eigenvalue weighted by Crippen LogP contribution is 2.27. The number of imide groups is 1. The zero-order chi connectivity index (χ0) is 18.0. The summed E-state index contributed by atoms with van der Waals surface area (Å²) in [5.41, 5.74) is 0.800. The minimum absolute atomic E-state index is 0.0280. The summed E-state index contributed by atoms with van der Waals surface area (Å²) >= 11 is 0. The smallest absolute Gasteiger partial charge is 0.233 e. The highest BCUT2D eigenvalue weighted by Gasteiger charge is 2.39. The van der Waals surface area contributed by atoms with Crippen LogP contribution in [0.2, 0.25) is 0 Å². The summed E-state index contributed by atoms with van der Waals surface area (Å²) in [6.07, 6.45) is -0.934. The summed E-state index contributed by atoms with van der Waals surface area (Å²) in [6, 6.07) is 11.5. The minimum atomic E-state index is -1.28. The monoisotopic (exact) mass is 345 g/mol. The number of aliphatic hydroxyl groups is 1. The lowest BCUT2D eigenvalue weighted by Gasteiger charge is -2.19. The largest absolute Gasteiger partial charge is 0.386 e. The lowest BCUT2D eigenvalue weighted by atomic mass is 9.98. The molecule has 1 aliphatic heterocycles. The van der Waals surface area contributed by atoms with Gasteiger partial charge in [0.25, 0.3) is 0 Å². The fourth-order valence-corrected chi connectivity index (χ4v) is 3.02. The Morgan fingerprint density at radius 2 is 1.76 bits per heavy atom. The van der Waals surface area contributed by atoms with Gasteiger partial charge in [0.15, 0.2) is 0 Å². The Morgan fingerprint density at radius 3 is 2.44 bits per heavy atom. The highest BCUT2D eigenvalue weighted by molar-refractivity contribution is 6.03. The van der Waals surface area contributed by atoms with Gasteiger partial charge in [-0.15, -0.1) is 0 Å². The molecule has 2 atom stereocenters. The van der Waals surface area contributed by atoms with Gasteiger partial charge in [-0.3, -0.25) is 14.5 Å². The lowest BCUT2D eigenvalue weighted by molar-refractivity contribution is -0.141. The first-order valence-corrected chi connectivity index (χ1v) is 7.97. The number of rotatable bonds is 5. The van der Waals surface area contributed by atoms with Crippen LogP contribution >= 0.6 is 0 Å². The average molecular weight is 345 g/mol. The van der Waals surface area contributed by atoms with E-state index in [0.29, 0.717) is 6.42 Å². The van der Waals surface area contributed by atoms with E-state index in [0.717, 1.165) is 10.5 Å². The summed E-state index contributed by atoms with van der Waals surface area (Å²) < 4.78 is 26.7. The van der Waals surface area contributed by atoms with Gasteiger partial charge in [0.2, 0.25) is 11.8 Å². The number of carbonyl (C=O) groups is 2. The molecule has 1 heterocycles. The third-order valence-electron chi connectivity index (χ3n) is 4.35. The van der Waals surface area contributed by atoms with Crippen LogP contribution in [0.5, 0.6) is 0 Å². The van der Waals surface area contributed by atoms with Crippen LogP contribution in [0.25, 0.3) is 0 Å². The van der Waals surface area contributed by atoms with E-state index in [1.807, 2.05) is 0 Å². The van der Waals surface area contributed by atoms with Gasteiger partial charge < -0.3 is 5.11 Å². The molecule has 0 bridgehead atoms. The second kappa shape index (κ2) is 7.11. The Labute approximate surface area is 143 Å². The molecular formula is C19H17F2NO3. The molecule has 1 N–H and O–H groups in total. The van der Waals surface area contributed by atoms with Crippen LogP contribution in [0.3, 0.4) is 0 Å². The molecule has 1 aliphatic rings. The molecule has 0 aliphatic carbocycles. The third kappa shape index (κ3) is 3.74. The molecule has 2 aromatic rings. The van der Waals surface area contributed by atoms with E-state index in [1.54, 1.807) is 18.2 Å². The number of halogens is 2. The second-order valence-corrected chi connectivity index (χ2v) is 6.11. The van der Waals surface area contributed by atoms with Crippen LogP contribution < -0.4 is 0 Å². The number of amides is 2. The maximum Gasteiger partial charge on any atom is 0.233 e. The van der Waals surface area contributed by atoms with Crippen molar-refractivity contribution < 1.29 is 23.5 Å². The predicted octanol–water partition coefficient (Wildman–Crippen LogP) is 2.62. The molecule has 25 heavy (non-hydrogen) atoms. The van der Waals surface area contributed by atoms with E-state index in [2.05, 4.69) is 0 Å². The Bertz CT molecular complexity index is 792. The second-order valence-electron chi connectivity index (χ2n) is 6.11. The number of likely N-dealkylation sites (tertiary alicyclic amines) is 1. The van der Waals surface area contributed by atoms with Crippen molar-refractivity contribution in [1.82, 2.24) is 4.90 Å². The fraction of sp³-hybridized carbons (Fsp3) is 0.263. The SMILES string of the molecule is O=C1C[C@H](Cc2ccc(F)cc2)C(=O)N1C[C@H](O)c1ccccc1F. The summed E-state index contributed by atoms with van der Waals surface area (Å²) in [7, 11) is 0. The Kier molecular flexibility index (Phi) is 4.90. The first-order chi connectivity index (χ1) is 12.0. The van der Waals surface area contributed by atoms with E-state index in [9.17, 15) is 23.5 Å². The van der Waals surface area contributed by atoms with E-state index in [1.165, 1.54) is 30.3 Å². The van der Waals surface area contributed by atoms with Gasteiger partial charge in [-0.2, -0.15) is 0 Å². The van der Waals surface area contributed by atoms with Crippen molar-refractivity contribution >= 4 is 11.8 Å². The topological polar surface area (TPSA) is 57.6 Å². The summed E-state index contributed by atoms with van der Waals surface area (Å²) in [4.78, 5) is 25.6. The standard InChI is InChI=1S/C19H17F2NO3/c20-14-7-5-12(6-8-14)9-13-10-18(24)22(19(13)25)11-17(23)15-3-1-2-4-16(15)21/h1-8,13,17,23H,9-11H2/t13-,17-/m0/s1. The number of hydrogen-bond donors (Lipinski definition) is 1. The number of β-amino-alcohol motifs (C(OH)–C–C–N with tert-alkyl or cyclic N) is 1. The Morgan fingerprint density at radius 1 is 1.08 bits per heavy atom. The van der Waals surface area contributed by atoms with E-state index in [-0.39, 0.29) is 24.3 Å². The van der Waals surface area contributed by atoms with Gasteiger partial charge in [0.05, 0.1) is 18.6 Å². The van der Waals surface area contributed by atoms with E-state index >= 15 is 0 Å². The van der Waals surface area contributed by atoms with Crippen LogP contribution in [-0.4, -0.2) is 28.4 Å². The maximum atomic E-state index is 13.7. The normalized spacial score (nSPS) is 18.7. The zero-order valence-electron chi connectivity index (χ0n) is 13.4. The van der Waals surface area contributed by atoms with Crippen molar-refractivity contribution in [3.05, 3.63) is 71.3 Å². The van der Waals surface area contributed by atoms with E-state index in [4.69, 9.17) is 0 Å². The summed E-state index contributed by atoms with van der Waals surface area (Å²) in [5.74, 6) is -2.30. The van der Waals surface area contributed by atoms with Gasteiger partial charge in [-0.05, 0) is 30.2 Å². The first kappa shape index (κ1) is 17.2. The predicted molar refractivity (Wildman–Crippen MR) is 86.3 cm³/mol. The molecule has 2 amide bonds. The summed E-state index contributed by atoms with van der Waals surface area (Å²) in [5, 5.41) is 10.2. The number of nitrogens with zero attached hydrogens (tertiary/aromatic N) is 1. The van der Waals surface area contributed by atoms with Crippen molar-refractivity contribution in [3.8, 4) is 0 Å². The zero-order valence-corrected chi connectivity index (χ0v) is 13.4. The average Bonchev–Trinajstić information content (AvgIpc) is 2.85. The number of carbonyl (C=O) groups excluding carboxylic acids is 2. The molecule has 0 unspecified atom stereocenters. The van der Waals surface area contributed by atoms with Crippen LogP contribution in [0, 0.1) is 17.6 Å². The molecule has 0 spiro atoms. The van der Waals surface area contributed by atoms with Gasteiger partial charge in [0.1, 0.15) is 11.6 Å². The van der Waals surface area contributed by atoms with Crippen molar-refractivity contribution in [1.29, 1.82) is 0 Å². The van der Waals surface area contributed by atoms with Crippen molar-refractivity contribution in [2.24, 2.45) is 5.92 Å². The molecule has 130 valence electrons. The van der Waals surface area contributed by atoms with Crippen LogP contribution in [0.1, 0.15) is 23.7 Å². The maximum absolute atomic E-state index is 13.7. The van der Waals surface area contributed by atoms with Gasteiger partial charge in [-0.1, -0.05) is 30.3 Å². The molecule has 4 nitrogen and oxygen atoms in total. The van der Waals surface area contributed by atoms with Crippen LogP contribution in [0.4, 0.5) is 8.78 Å². The molecule has 2 aromatic carbocycles. The minimum Gasteiger partial charge on any atom is -0.386 e. The van der Waals surface area contributed by atoms with Crippen molar-refractivity contribution in [2.45, 2.75) is 18.9 Å². The fourth-order valence-electron chi connectivity index (χ4n) is 3.02. The first-order valence-electron chi connectivity index (χ1n) is 7.97. The molecule has 0 saturated carbocycles. The third-order valence-corrected chi connectivity index (χ3v) is 4.35. The lowest BCUT2D eigenvalue weighted by Crippen LogP contribution is -2.35.